The van der Waals surface area contributed by atoms with Gasteiger partial charge in [-0.2, -0.15) is 8.78 Å². The predicted molar refractivity (Wildman–Crippen MR) is 149 cm³/mol. The van der Waals surface area contributed by atoms with Gasteiger partial charge in [-0.15, -0.1) is 0 Å². The van der Waals surface area contributed by atoms with Gasteiger partial charge in [0.2, 0.25) is 0 Å². The molecule has 8 nitrogen and oxygen atoms in total. The fraction of sp³-hybridized carbons (Fsp3) is 0.500. The molecule has 0 unspecified atom stereocenters. The number of ketones is 1. The van der Waals surface area contributed by atoms with Crippen molar-refractivity contribution < 1.29 is 27.8 Å². The number of fused-ring (bicyclic) bond motifs is 1. The second-order valence-corrected chi connectivity index (χ2v) is 10.6. The summed E-state index contributed by atoms with van der Waals surface area (Å²) in [6.07, 6.45) is 1.52. The Morgan fingerprint density at radius 1 is 1.15 bits per heavy atom. The van der Waals surface area contributed by atoms with Gasteiger partial charge in [0.25, 0.3) is 11.5 Å². The summed E-state index contributed by atoms with van der Waals surface area (Å²) in [6.45, 7) is 5.32. The minimum absolute atomic E-state index is 0.0248. The number of piperidine rings is 1. The Kier molecular flexibility index (Phi) is 8.77. The van der Waals surface area contributed by atoms with E-state index in [0.29, 0.717) is 35.4 Å². The average Bonchev–Trinajstić information content (AvgIpc) is 3.22. The van der Waals surface area contributed by atoms with Gasteiger partial charge in [-0.25, -0.2) is 0 Å². The monoisotopic (exact) mass is 557 g/mol. The first-order chi connectivity index (χ1) is 19.0. The summed E-state index contributed by atoms with van der Waals surface area (Å²) in [4.78, 5) is 42.5. The molecule has 3 heterocycles. The fourth-order valence-electron chi connectivity index (χ4n) is 6.01. The Bertz CT molecular complexity index is 1450. The number of hydrogen-bond acceptors (Lipinski definition) is 5. The van der Waals surface area contributed by atoms with E-state index in [4.69, 9.17) is 4.74 Å². The van der Waals surface area contributed by atoms with Crippen molar-refractivity contribution in [2.45, 2.75) is 58.4 Å². The number of alkyl halides is 2. The molecular weight excluding hydrogens is 520 g/mol. The lowest BCUT2D eigenvalue weighted by Gasteiger charge is -2.37. The van der Waals surface area contributed by atoms with E-state index >= 15 is 0 Å². The maximum atomic E-state index is 14.1. The molecule has 10 heteroatoms. The van der Waals surface area contributed by atoms with Gasteiger partial charge < -0.3 is 23.9 Å². The second kappa shape index (κ2) is 11.9. The Morgan fingerprint density at radius 3 is 2.48 bits per heavy atom. The highest BCUT2D eigenvalue weighted by molar-refractivity contribution is 6.09. The number of amides is 1. The number of carbonyl (C=O) groups is 2. The molecule has 216 valence electrons. The Labute approximate surface area is 232 Å². The van der Waals surface area contributed by atoms with Crippen LogP contribution in [0.2, 0.25) is 0 Å². The Balaban J connectivity index is 1.55. The van der Waals surface area contributed by atoms with E-state index in [0.717, 1.165) is 23.7 Å². The van der Waals surface area contributed by atoms with Crippen LogP contribution in [0.1, 0.15) is 59.5 Å². The quantitative estimate of drug-likeness (QED) is 0.360. The molecule has 1 amide bonds. The van der Waals surface area contributed by atoms with Crippen LogP contribution >= 0.6 is 0 Å². The first-order valence-electron chi connectivity index (χ1n) is 13.6. The molecule has 1 atom stereocenters. The van der Waals surface area contributed by atoms with Crippen LogP contribution in [0.5, 0.6) is 5.75 Å². The number of benzene rings is 1. The summed E-state index contributed by atoms with van der Waals surface area (Å²) in [5.41, 5.74) is 3.23. The summed E-state index contributed by atoms with van der Waals surface area (Å²) >= 11 is 0. The van der Waals surface area contributed by atoms with Gasteiger partial charge in [0.1, 0.15) is 12.4 Å². The van der Waals surface area contributed by atoms with Crippen LogP contribution in [0.25, 0.3) is 10.9 Å². The van der Waals surface area contributed by atoms with Gasteiger partial charge >= 0.3 is 5.92 Å². The third-order valence-electron chi connectivity index (χ3n) is 8.04. The molecule has 1 aromatic carbocycles. The number of nitrogens with one attached hydrogen (secondary N) is 1. The van der Waals surface area contributed by atoms with Gasteiger partial charge in [-0.1, -0.05) is 18.2 Å². The smallest absolute Gasteiger partial charge is 0.347 e. The molecule has 0 aliphatic carbocycles. The topological polar surface area (TPSA) is 93.6 Å². The summed E-state index contributed by atoms with van der Waals surface area (Å²) in [6, 6.07) is 9.45. The van der Waals surface area contributed by atoms with E-state index in [2.05, 4.69) is 21.2 Å². The molecule has 1 N–H and O–H groups in total. The third kappa shape index (κ3) is 5.68. The predicted octanol–water partition coefficient (Wildman–Crippen LogP) is 4.85. The molecule has 0 spiro atoms. The van der Waals surface area contributed by atoms with E-state index in [1.807, 2.05) is 31.2 Å². The average molecular weight is 558 g/mol. The number of methoxy groups -OCH3 is 2. The molecule has 1 saturated heterocycles. The maximum absolute atomic E-state index is 14.1. The van der Waals surface area contributed by atoms with E-state index in [9.17, 15) is 23.2 Å². The van der Waals surface area contributed by atoms with Crippen LogP contribution in [0.4, 0.5) is 8.78 Å². The van der Waals surface area contributed by atoms with Crippen molar-refractivity contribution in [3.63, 3.8) is 0 Å². The third-order valence-corrected chi connectivity index (χ3v) is 8.04. The zero-order valence-electron chi connectivity index (χ0n) is 23.7. The van der Waals surface area contributed by atoms with Crippen molar-refractivity contribution in [2.24, 2.45) is 5.92 Å². The summed E-state index contributed by atoms with van der Waals surface area (Å²) < 4.78 is 40.3. The number of nitrogens with zero attached hydrogens (tertiary/aromatic N) is 2. The molecule has 1 fully saturated rings. The van der Waals surface area contributed by atoms with Crippen LogP contribution in [0.3, 0.4) is 0 Å². The Hall–Kier alpha value is -3.53. The number of halogens is 2. The number of ether oxygens (including phenoxy) is 2. The van der Waals surface area contributed by atoms with Crippen molar-refractivity contribution in [3.05, 3.63) is 63.2 Å². The first kappa shape index (κ1) is 29.5. The fourth-order valence-corrected chi connectivity index (χ4v) is 6.01. The van der Waals surface area contributed by atoms with Crippen molar-refractivity contribution in [1.82, 2.24) is 14.5 Å². The molecule has 1 aliphatic rings. The van der Waals surface area contributed by atoms with Gasteiger partial charge in [0.15, 0.2) is 5.78 Å². The number of aromatic nitrogens is 2. The van der Waals surface area contributed by atoms with Gasteiger partial charge in [-0.3, -0.25) is 14.4 Å². The molecule has 0 bridgehead atoms. The summed E-state index contributed by atoms with van der Waals surface area (Å²) in [5.74, 6) is -4.20. The molecular formula is C30H37F2N3O5. The van der Waals surface area contributed by atoms with Crippen LogP contribution in [-0.2, 0) is 16.0 Å². The Morgan fingerprint density at radius 2 is 1.82 bits per heavy atom. The van der Waals surface area contributed by atoms with Crippen molar-refractivity contribution >= 4 is 22.6 Å². The lowest BCUT2D eigenvalue weighted by Crippen LogP contribution is -2.49. The highest BCUT2D eigenvalue weighted by atomic mass is 19.3. The largest absolute Gasteiger partial charge is 0.496 e. The highest BCUT2D eigenvalue weighted by Gasteiger charge is 2.43. The van der Waals surface area contributed by atoms with E-state index < -0.39 is 18.4 Å². The van der Waals surface area contributed by atoms with Crippen molar-refractivity contribution in [3.8, 4) is 5.75 Å². The normalized spacial score (nSPS) is 15.4. The second-order valence-electron chi connectivity index (χ2n) is 10.6. The number of aryl methyl sites for hydroxylation is 1. The highest BCUT2D eigenvalue weighted by Crippen LogP contribution is 2.37. The zero-order chi connectivity index (χ0) is 29.2. The van der Waals surface area contributed by atoms with Gasteiger partial charge in [0, 0.05) is 60.5 Å². The van der Waals surface area contributed by atoms with Gasteiger partial charge in [-0.05, 0) is 58.1 Å². The first-order valence-corrected chi connectivity index (χ1v) is 13.6. The van der Waals surface area contributed by atoms with Crippen LogP contribution in [0.15, 0.2) is 35.1 Å². The molecule has 40 heavy (non-hydrogen) atoms. The minimum atomic E-state index is -3.54. The SMILES string of the molecule is COCC(F)(F)C(=O)N1CCC([C@@H](C)n2c(C)c(C(=O)CCc3c(OC)cc(C)[nH]c3=O)c3ccccc32)CC1. The van der Waals surface area contributed by atoms with E-state index in [-0.39, 0.29) is 49.2 Å². The molecule has 2 aromatic heterocycles. The number of rotatable bonds is 10. The lowest BCUT2D eigenvalue weighted by molar-refractivity contribution is -0.166. The number of Topliss-reactive ketones (excluding diaryl/α,β-unsaturated/α-hetero) is 1. The maximum Gasteiger partial charge on any atom is 0.347 e. The standard InChI is InChI=1S/C30H37F2N3O5/c1-18-16-26(40-5)23(28(37)33-18)10-11-25(36)27-20(3)35(24-9-7-6-8-22(24)27)19(2)21-12-14-34(15-13-21)29(38)30(31,32)17-39-4/h6-9,16,19,21H,10-15,17H2,1-5H3,(H,33,37)/t19-/m1/s1. The van der Waals surface area contributed by atoms with E-state index in [1.165, 1.54) is 12.0 Å². The van der Waals surface area contributed by atoms with Crippen molar-refractivity contribution in [2.75, 3.05) is 33.9 Å². The summed E-state index contributed by atoms with van der Waals surface area (Å²) in [5, 5.41) is 0.841. The van der Waals surface area contributed by atoms with Crippen LogP contribution in [0, 0.1) is 19.8 Å². The summed E-state index contributed by atoms with van der Waals surface area (Å²) in [7, 11) is 2.65. The van der Waals surface area contributed by atoms with Gasteiger partial charge in [0.05, 0.1) is 12.7 Å². The number of H-pyrrole nitrogens is 1. The van der Waals surface area contributed by atoms with Crippen LogP contribution < -0.4 is 10.3 Å². The minimum Gasteiger partial charge on any atom is -0.496 e. The number of pyridine rings is 1. The number of likely N-dealkylation sites (tertiary alicyclic amines) is 1. The van der Waals surface area contributed by atoms with Crippen molar-refractivity contribution in [1.29, 1.82) is 0 Å². The number of hydrogen-bond donors (Lipinski definition) is 1. The molecule has 4 rings (SSSR count). The lowest BCUT2D eigenvalue weighted by atomic mass is 9.89. The number of aromatic amines is 1. The number of para-hydroxylation sites is 1. The molecule has 0 saturated carbocycles. The van der Waals surface area contributed by atoms with Crippen LogP contribution in [-0.4, -0.2) is 66.0 Å². The molecule has 1 aliphatic heterocycles. The zero-order valence-corrected chi connectivity index (χ0v) is 23.7. The number of carbonyl (C=O) groups excluding carboxylic acids is 2. The van der Waals surface area contributed by atoms with E-state index in [1.54, 1.807) is 13.0 Å². The molecule has 0 radical (unpaired) electrons. The molecule has 3 aromatic rings.